The number of rotatable bonds is 9. The van der Waals surface area contributed by atoms with Crippen LogP contribution in [0.15, 0.2) is 47.3 Å². The highest BCUT2D eigenvalue weighted by Crippen LogP contribution is 2.57. The van der Waals surface area contributed by atoms with E-state index in [-0.39, 0.29) is 24.3 Å². The summed E-state index contributed by atoms with van der Waals surface area (Å²) < 4.78 is 2.54. The molecular formula is C38H46BrN7O3. The number of hydrogen-bond donors (Lipinski definition) is 1. The molecule has 1 aromatic carbocycles. The minimum atomic E-state index is -0.377. The Morgan fingerprint density at radius 3 is 2.39 bits per heavy atom. The maximum atomic E-state index is 13.3. The molecule has 2 aliphatic carbocycles. The van der Waals surface area contributed by atoms with Crippen molar-refractivity contribution in [2.45, 2.75) is 84.7 Å². The van der Waals surface area contributed by atoms with Crippen LogP contribution in [-0.2, 0) is 16.1 Å². The van der Waals surface area contributed by atoms with E-state index >= 15 is 0 Å². The van der Waals surface area contributed by atoms with Crippen molar-refractivity contribution in [2.75, 3.05) is 18.9 Å². The number of carbonyl (C=O) groups is 3. The van der Waals surface area contributed by atoms with Crippen LogP contribution < -0.4 is 5.32 Å². The van der Waals surface area contributed by atoms with E-state index in [1.807, 2.05) is 44.6 Å². The fourth-order valence-electron chi connectivity index (χ4n) is 8.05. The zero-order valence-electron chi connectivity index (χ0n) is 29.0. The molecule has 0 bridgehead atoms. The molecule has 258 valence electrons. The number of aldehydes is 1. The van der Waals surface area contributed by atoms with Gasteiger partial charge < -0.3 is 15.0 Å². The van der Waals surface area contributed by atoms with Gasteiger partial charge in [0.15, 0.2) is 5.78 Å². The number of hydrogen-bond acceptors (Lipinski definition) is 8. The Bertz CT molecular complexity index is 1840. The largest absolute Gasteiger partial charge is 0.373 e. The molecule has 1 aliphatic heterocycles. The van der Waals surface area contributed by atoms with E-state index < -0.39 is 0 Å². The normalized spacial score (nSPS) is 23.0. The van der Waals surface area contributed by atoms with Gasteiger partial charge in [0.25, 0.3) is 0 Å². The third kappa shape index (κ3) is 7.18. The molecule has 2 saturated carbocycles. The van der Waals surface area contributed by atoms with Gasteiger partial charge in [-0.2, -0.15) is 5.10 Å². The summed E-state index contributed by atoms with van der Waals surface area (Å²) in [6.45, 7) is 8.67. The number of fused-ring (bicyclic) bond motifs is 1. The summed E-state index contributed by atoms with van der Waals surface area (Å²) in [6, 6.07) is 9.61. The summed E-state index contributed by atoms with van der Waals surface area (Å²) in [7, 11) is 1.84. The molecule has 1 saturated heterocycles. The Balaban J connectivity index is 0.000000403. The van der Waals surface area contributed by atoms with Crippen LogP contribution in [0.25, 0.3) is 22.0 Å². The minimum Gasteiger partial charge on any atom is -0.373 e. The minimum absolute atomic E-state index is 0.00664. The number of benzene rings is 1. The van der Waals surface area contributed by atoms with Crippen LogP contribution in [0.1, 0.15) is 87.1 Å². The third-order valence-electron chi connectivity index (χ3n) is 10.9. The number of ketones is 1. The number of amides is 1. The first-order chi connectivity index (χ1) is 23.6. The zero-order valence-corrected chi connectivity index (χ0v) is 30.6. The lowest BCUT2D eigenvalue weighted by Gasteiger charge is -2.52. The quantitative estimate of drug-likeness (QED) is 0.109. The fourth-order valence-corrected chi connectivity index (χ4v) is 8.39. The summed E-state index contributed by atoms with van der Waals surface area (Å²) in [4.78, 5) is 52.3. The number of nitrogens with zero attached hydrogens (tertiary/aromatic N) is 6. The number of carbonyl (C=O) groups excluding carboxylic acids is 3. The van der Waals surface area contributed by atoms with E-state index in [0.29, 0.717) is 42.2 Å². The van der Waals surface area contributed by atoms with Gasteiger partial charge in [0.2, 0.25) is 5.91 Å². The molecule has 1 amide bonds. The predicted octanol–water partition coefficient (Wildman–Crippen LogP) is 7.26. The molecule has 0 spiro atoms. The smallest absolute Gasteiger partial charge is 0.244 e. The lowest BCUT2D eigenvalue weighted by Crippen LogP contribution is -2.42. The summed E-state index contributed by atoms with van der Waals surface area (Å²) >= 11 is 3.25. The van der Waals surface area contributed by atoms with Crippen LogP contribution in [0, 0.1) is 30.6 Å². The van der Waals surface area contributed by atoms with E-state index in [0.717, 1.165) is 63.4 Å². The number of anilines is 1. The van der Waals surface area contributed by atoms with Gasteiger partial charge in [-0.3, -0.25) is 14.3 Å². The molecule has 5 unspecified atom stereocenters. The van der Waals surface area contributed by atoms with Crippen LogP contribution >= 0.6 is 15.9 Å². The molecule has 3 aliphatic rings. The van der Waals surface area contributed by atoms with Gasteiger partial charge in [0.05, 0.1) is 11.6 Å². The lowest BCUT2D eigenvalue weighted by atomic mass is 9.53. The number of aryl methyl sites for hydroxylation is 1. The molecule has 1 N–H and O–H groups in total. The fraction of sp³-hybridized carbons (Fsp3) is 0.500. The van der Waals surface area contributed by atoms with Crippen molar-refractivity contribution in [3.8, 4) is 11.1 Å². The highest BCUT2D eigenvalue weighted by molar-refractivity contribution is 9.10. The number of likely N-dealkylation sites (tertiary alicyclic amines) is 1. The monoisotopic (exact) mass is 727 g/mol. The van der Waals surface area contributed by atoms with Crippen LogP contribution in [0.2, 0.25) is 0 Å². The maximum Gasteiger partial charge on any atom is 0.244 e. The van der Waals surface area contributed by atoms with Gasteiger partial charge in [-0.05, 0) is 126 Å². The van der Waals surface area contributed by atoms with Crippen LogP contribution in [-0.4, -0.2) is 67.2 Å². The summed E-state index contributed by atoms with van der Waals surface area (Å²) in [5.41, 5.74) is 4.39. The van der Waals surface area contributed by atoms with Gasteiger partial charge in [0.1, 0.15) is 34.8 Å². The Morgan fingerprint density at radius 2 is 1.82 bits per heavy atom. The number of aromatic nitrogens is 5. The molecule has 49 heavy (non-hydrogen) atoms. The van der Waals surface area contributed by atoms with Crippen molar-refractivity contribution in [3.05, 3.63) is 64.4 Å². The van der Waals surface area contributed by atoms with Gasteiger partial charge in [-0.15, -0.1) is 0 Å². The molecule has 4 aromatic rings. The molecule has 10 nitrogen and oxygen atoms in total. The zero-order chi connectivity index (χ0) is 34.8. The maximum absolute atomic E-state index is 13.3. The van der Waals surface area contributed by atoms with Crippen LogP contribution in [0.3, 0.4) is 0 Å². The van der Waals surface area contributed by atoms with Crippen molar-refractivity contribution in [1.82, 2.24) is 29.6 Å². The van der Waals surface area contributed by atoms with Crippen molar-refractivity contribution in [1.29, 1.82) is 0 Å². The van der Waals surface area contributed by atoms with Gasteiger partial charge in [-0.25, -0.2) is 15.0 Å². The predicted molar refractivity (Wildman–Crippen MR) is 194 cm³/mol. The Hall–Kier alpha value is -3.99. The molecule has 4 heterocycles. The first-order valence-corrected chi connectivity index (χ1v) is 18.3. The van der Waals surface area contributed by atoms with E-state index in [2.05, 4.69) is 67.3 Å². The second-order valence-electron chi connectivity index (χ2n) is 14.1. The molecule has 3 fully saturated rings. The summed E-state index contributed by atoms with van der Waals surface area (Å²) in [5, 5.41) is 8.33. The highest BCUT2D eigenvalue weighted by Gasteiger charge is 2.46. The van der Waals surface area contributed by atoms with Gasteiger partial charge in [-0.1, -0.05) is 19.9 Å². The molecule has 3 aromatic heterocycles. The number of halogens is 1. The molecule has 0 radical (unpaired) electrons. The standard InChI is InChI=1S/C32H39N5O3.C6H7BrN2/c1-18(2)23-7-8-24(23)25-9-10-26(25)28-13-30-29(12-27(28)21-14-33-20(4)34-15-21)32(19(3)39)35-37(30)16-31(40)36-11-5-6-22(36)17-38;1-8-6-4-2-3-5(7)9-6/h12-15,17-18,22-26H,5-11,16H2,1-4H3;2-4H,1H3,(H,8,9). The summed E-state index contributed by atoms with van der Waals surface area (Å²) in [6.07, 6.45) is 11.1. The Morgan fingerprint density at radius 1 is 1.06 bits per heavy atom. The average Bonchev–Trinajstić information content (AvgIpc) is 3.67. The number of nitrogens with one attached hydrogen (secondary N) is 1. The Labute approximate surface area is 296 Å². The highest BCUT2D eigenvalue weighted by atomic mass is 79.9. The van der Waals surface area contributed by atoms with Crippen LogP contribution in [0.5, 0.6) is 0 Å². The third-order valence-corrected chi connectivity index (χ3v) is 11.3. The topological polar surface area (TPSA) is 123 Å². The van der Waals surface area contributed by atoms with E-state index in [9.17, 15) is 14.4 Å². The van der Waals surface area contributed by atoms with Gasteiger partial charge in [0, 0.05) is 43.9 Å². The van der Waals surface area contributed by atoms with E-state index in [1.54, 1.807) is 9.58 Å². The first kappa shape index (κ1) is 34.9. The molecule has 7 rings (SSSR count). The molecule has 11 heteroatoms. The number of pyridine rings is 1. The SMILES string of the molecule is CC(=O)c1nn(CC(=O)N2CCCC2C=O)c2cc(C3CCC3C3CCC3C(C)C)c(-c3cnc(C)nc3)cc12.CNc1cccc(Br)n1. The van der Waals surface area contributed by atoms with Crippen LogP contribution in [0.4, 0.5) is 5.82 Å². The summed E-state index contributed by atoms with van der Waals surface area (Å²) in [5.74, 6) is 4.57. The van der Waals surface area contributed by atoms with Crippen molar-refractivity contribution in [2.24, 2.45) is 23.7 Å². The lowest BCUT2D eigenvalue weighted by molar-refractivity contribution is -0.135. The van der Waals surface area contributed by atoms with Crippen molar-refractivity contribution in [3.63, 3.8) is 0 Å². The first-order valence-electron chi connectivity index (χ1n) is 17.5. The van der Waals surface area contributed by atoms with E-state index in [1.165, 1.54) is 31.7 Å². The van der Waals surface area contributed by atoms with E-state index in [4.69, 9.17) is 0 Å². The Kier molecular flexibility index (Phi) is 10.6. The average molecular weight is 729 g/mol. The van der Waals surface area contributed by atoms with Crippen molar-refractivity contribution >= 4 is 50.6 Å². The second-order valence-corrected chi connectivity index (χ2v) is 14.9. The molecular weight excluding hydrogens is 682 g/mol. The molecule has 5 atom stereocenters. The number of Topliss-reactive ketones (excluding diaryl/α,β-unsaturated/α-hetero) is 1. The van der Waals surface area contributed by atoms with Gasteiger partial charge >= 0.3 is 0 Å². The van der Waals surface area contributed by atoms with Crippen molar-refractivity contribution < 1.29 is 14.4 Å². The second kappa shape index (κ2) is 14.9.